The number of carbonyl (C=O) groups excluding carboxylic acids is 3. The van der Waals surface area contributed by atoms with Gasteiger partial charge < -0.3 is 4.90 Å². The normalized spacial score (nSPS) is 18.3. The van der Waals surface area contributed by atoms with Crippen molar-refractivity contribution in [1.29, 1.82) is 0 Å². The molecule has 4 amide bonds. The molecule has 8 heteroatoms. The van der Waals surface area contributed by atoms with Crippen LogP contribution in [0.15, 0.2) is 12.1 Å². The Bertz CT molecular complexity index is 692. The van der Waals surface area contributed by atoms with Crippen molar-refractivity contribution in [3.05, 3.63) is 29.3 Å². The van der Waals surface area contributed by atoms with E-state index in [4.69, 9.17) is 0 Å². The molecule has 2 aliphatic rings. The number of urea groups is 1. The van der Waals surface area contributed by atoms with Gasteiger partial charge in [-0.1, -0.05) is 0 Å². The van der Waals surface area contributed by atoms with Crippen molar-refractivity contribution in [2.75, 3.05) is 25.2 Å². The minimum Gasteiger partial charge on any atom is -0.353 e. The lowest BCUT2D eigenvalue weighted by molar-refractivity contribution is -0.142. The van der Waals surface area contributed by atoms with Crippen LogP contribution in [0.2, 0.25) is 0 Å². The first-order chi connectivity index (χ1) is 10.4. The van der Waals surface area contributed by atoms with Crippen LogP contribution in [-0.2, 0) is 16.0 Å². The summed E-state index contributed by atoms with van der Waals surface area (Å²) in [6.07, 6.45) is 1.06. The number of likely N-dealkylation sites (N-methyl/N-ethyl adjacent to an activating group) is 1. The first-order valence-corrected chi connectivity index (χ1v) is 6.76. The van der Waals surface area contributed by atoms with E-state index in [0.29, 0.717) is 30.6 Å². The fourth-order valence-corrected chi connectivity index (χ4v) is 2.74. The Hall–Kier alpha value is -2.51. The number of anilines is 1. The summed E-state index contributed by atoms with van der Waals surface area (Å²) in [6, 6.07) is 1.25. The van der Waals surface area contributed by atoms with Crippen LogP contribution in [0.3, 0.4) is 0 Å². The lowest BCUT2D eigenvalue weighted by Gasteiger charge is -2.33. The maximum absolute atomic E-state index is 13.8. The smallest absolute Gasteiger partial charge is 0.335 e. The zero-order chi connectivity index (χ0) is 16.0. The number of halogens is 2. The van der Waals surface area contributed by atoms with E-state index in [-0.39, 0.29) is 6.67 Å². The molecule has 0 aliphatic carbocycles. The number of rotatable bonds is 2. The Labute approximate surface area is 124 Å². The van der Waals surface area contributed by atoms with E-state index in [1.54, 1.807) is 0 Å². The van der Waals surface area contributed by atoms with E-state index < -0.39 is 29.5 Å². The molecule has 22 heavy (non-hydrogen) atoms. The molecule has 1 saturated heterocycles. The van der Waals surface area contributed by atoms with Gasteiger partial charge in [-0.3, -0.25) is 14.5 Å². The SMILES string of the molecule is CN1C(=O)C(=O)N(CN2CCCc3c(F)cc(F)cc32)C1=O. The van der Waals surface area contributed by atoms with Gasteiger partial charge in [0, 0.05) is 30.9 Å². The highest BCUT2D eigenvalue weighted by molar-refractivity contribution is 6.44. The fraction of sp³-hybridized carbons (Fsp3) is 0.357. The van der Waals surface area contributed by atoms with Crippen LogP contribution < -0.4 is 4.90 Å². The average Bonchev–Trinajstić information content (AvgIpc) is 2.66. The van der Waals surface area contributed by atoms with Crippen LogP contribution in [0.1, 0.15) is 12.0 Å². The predicted octanol–water partition coefficient (Wildman–Crippen LogP) is 1.10. The Balaban J connectivity index is 1.91. The molecule has 0 N–H and O–H groups in total. The molecular weight excluding hydrogens is 296 g/mol. The monoisotopic (exact) mass is 309 g/mol. The predicted molar refractivity (Wildman–Crippen MR) is 71.9 cm³/mol. The lowest BCUT2D eigenvalue weighted by Crippen LogP contribution is -2.44. The van der Waals surface area contributed by atoms with Gasteiger partial charge in [0.15, 0.2) is 0 Å². The number of benzene rings is 1. The highest BCUT2D eigenvalue weighted by Gasteiger charge is 2.43. The zero-order valence-corrected chi connectivity index (χ0v) is 11.8. The van der Waals surface area contributed by atoms with Gasteiger partial charge in [0.2, 0.25) is 0 Å². The Morgan fingerprint density at radius 3 is 2.50 bits per heavy atom. The number of imide groups is 2. The summed E-state index contributed by atoms with van der Waals surface area (Å²) < 4.78 is 27.3. The summed E-state index contributed by atoms with van der Waals surface area (Å²) in [7, 11) is 1.21. The van der Waals surface area contributed by atoms with Gasteiger partial charge in [-0.15, -0.1) is 0 Å². The highest BCUT2D eigenvalue weighted by atomic mass is 19.1. The second-order valence-electron chi connectivity index (χ2n) is 5.27. The van der Waals surface area contributed by atoms with Crippen molar-refractivity contribution in [2.45, 2.75) is 12.8 Å². The molecular formula is C14H13F2N3O3. The molecule has 0 aromatic heterocycles. The van der Waals surface area contributed by atoms with E-state index in [1.807, 2.05) is 0 Å². The maximum Gasteiger partial charge on any atom is 0.335 e. The fourth-order valence-electron chi connectivity index (χ4n) is 2.74. The van der Waals surface area contributed by atoms with Gasteiger partial charge in [-0.05, 0) is 18.9 Å². The molecule has 6 nitrogen and oxygen atoms in total. The van der Waals surface area contributed by atoms with Gasteiger partial charge in [-0.2, -0.15) is 0 Å². The van der Waals surface area contributed by atoms with E-state index in [0.717, 1.165) is 15.9 Å². The second-order valence-corrected chi connectivity index (χ2v) is 5.27. The van der Waals surface area contributed by atoms with E-state index >= 15 is 0 Å². The van der Waals surface area contributed by atoms with Crippen LogP contribution in [0.5, 0.6) is 0 Å². The molecule has 1 aromatic carbocycles. The standard InChI is InChI=1S/C14H13F2N3O3/c1-17-12(20)13(21)19(14(17)22)7-18-4-2-3-9-10(16)5-8(15)6-11(9)18/h5-6H,2-4,7H2,1H3. The average molecular weight is 309 g/mol. The molecule has 0 unspecified atom stereocenters. The third-order valence-corrected chi connectivity index (χ3v) is 3.89. The third kappa shape index (κ3) is 2.11. The minimum atomic E-state index is -0.934. The molecule has 0 saturated carbocycles. The molecule has 0 radical (unpaired) electrons. The molecule has 2 aliphatic heterocycles. The first-order valence-electron chi connectivity index (χ1n) is 6.76. The summed E-state index contributed by atoms with van der Waals surface area (Å²) in [5.41, 5.74) is 0.665. The molecule has 0 spiro atoms. The molecule has 1 aromatic rings. The number of hydrogen-bond donors (Lipinski definition) is 0. The Morgan fingerprint density at radius 1 is 1.14 bits per heavy atom. The molecule has 2 heterocycles. The Morgan fingerprint density at radius 2 is 1.86 bits per heavy atom. The van der Waals surface area contributed by atoms with Crippen molar-refractivity contribution in [1.82, 2.24) is 9.80 Å². The largest absolute Gasteiger partial charge is 0.353 e. The molecule has 1 fully saturated rings. The summed E-state index contributed by atoms with van der Waals surface area (Å²) in [4.78, 5) is 38.2. The summed E-state index contributed by atoms with van der Waals surface area (Å²) >= 11 is 0. The van der Waals surface area contributed by atoms with Crippen molar-refractivity contribution in [3.8, 4) is 0 Å². The third-order valence-electron chi connectivity index (χ3n) is 3.89. The van der Waals surface area contributed by atoms with Crippen LogP contribution in [0.4, 0.5) is 19.3 Å². The summed E-state index contributed by atoms with van der Waals surface area (Å²) in [6.45, 7) is 0.231. The number of hydrogen-bond acceptors (Lipinski definition) is 4. The van der Waals surface area contributed by atoms with E-state index in [9.17, 15) is 23.2 Å². The summed E-state index contributed by atoms with van der Waals surface area (Å²) in [5, 5.41) is 0. The van der Waals surface area contributed by atoms with Gasteiger partial charge in [-0.25, -0.2) is 18.5 Å². The topological polar surface area (TPSA) is 60.9 Å². The highest BCUT2D eigenvalue weighted by Crippen LogP contribution is 2.30. The lowest BCUT2D eigenvalue weighted by atomic mass is 10.0. The van der Waals surface area contributed by atoms with Crippen molar-refractivity contribution < 1.29 is 23.2 Å². The van der Waals surface area contributed by atoms with E-state index in [1.165, 1.54) is 18.0 Å². The van der Waals surface area contributed by atoms with Crippen LogP contribution >= 0.6 is 0 Å². The van der Waals surface area contributed by atoms with Gasteiger partial charge >= 0.3 is 17.8 Å². The molecule has 116 valence electrons. The minimum absolute atomic E-state index is 0.205. The van der Waals surface area contributed by atoms with Gasteiger partial charge in [0.25, 0.3) is 0 Å². The number of fused-ring (bicyclic) bond motifs is 1. The quantitative estimate of drug-likeness (QED) is 0.606. The van der Waals surface area contributed by atoms with Crippen molar-refractivity contribution >= 4 is 23.5 Å². The summed E-state index contributed by atoms with van der Waals surface area (Å²) in [5.74, 6) is -3.22. The van der Waals surface area contributed by atoms with Crippen LogP contribution in [0, 0.1) is 11.6 Å². The molecule has 0 atom stereocenters. The van der Waals surface area contributed by atoms with E-state index in [2.05, 4.69) is 0 Å². The maximum atomic E-state index is 13.8. The number of amides is 4. The Kier molecular flexibility index (Phi) is 3.31. The molecule has 0 bridgehead atoms. The first kappa shape index (κ1) is 14.4. The van der Waals surface area contributed by atoms with Crippen molar-refractivity contribution in [3.63, 3.8) is 0 Å². The van der Waals surface area contributed by atoms with Crippen LogP contribution in [-0.4, -0.2) is 47.9 Å². The van der Waals surface area contributed by atoms with Crippen LogP contribution in [0.25, 0.3) is 0 Å². The van der Waals surface area contributed by atoms with Crippen molar-refractivity contribution in [2.24, 2.45) is 0 Å². The molecule has 3 rings (SSSR count). The zero-order valence-electron chi connectivity index (χ0n) is 11.8. The van der Waals surface area contributed by atoms with Gasteiger partial charge in [0.1, 0.15) is 18.3 Å². The number of carbonyl (C=O) groups is 3. The van der Waals surface area contributed by atoms with Gasteiger partial charge in [0.05, 0.1) is 0 Å². The number of nitrogens with zero attached hydrogens (tertiary/aromatic N) is 3. The second kappa shape index (κ2) is 5.04.